The van der Waals surface area contributed by atoms with Gasteiger partial charge in [-0.1, -0.05) is 51.1 Å². The number of carbonyl (C=O) groups is 1. The Kier molecular flexibility index (Phi) is 6.77. The van der Waals surface area contributed by atoms with E-state index in [-0.39, 0.29) is 19.3 Å². The van der Waals surface area contributed by atoms with Gasteiger partial charge >= 0.3 is 5.97 Å². The van der Waals surface area contributed by atoms with E-state index in [4.69, 9.17) is 13.9 Å². The summed E-state index contributed by atoms with van der Waals surface area (Å²) < 4.78 is 18.2. The maximum atomic E-state index is 11.5. The standard InChI is InChI=1S/C22H25BrN2O5/c1-13(28-11-15(21(26)27)22(2,3)4)10-29-19-16-17(23)18(14-8-6-5-7-9-14)30-20(16)25-12-24-19/h5-9,12-13,15H,10-11H2,1-4H3,(H,26,27)/t13-,15?/m0/s1. The van der Waals surface area contributed by atoms with Gasteiger partial charge in [0.1, 0.15) is 18.3 Å². The lowest BCUT2D eigenvalue weighted by molar-refractivity contribution is -0.149. The van der Waals surface area contributed by atoms with Crippen LogP contribution in [0.2, 0.25) is 0 Å². The van der Waals surface area contributed by atoms with Gasteiger partial charge in [0.2, 0.25) is 11.6 Å². The summed E-state index contributed by atoms with van der Waals surface area (Å²) in [5, 5.41) is 10.1. The summed E-state index contributed by atoms with van der Waals surface area (Å²) in [6.45, 7) is 7.80. The molecule has 7 nitrogen and oxygen atoms in total. The number of fused-ring (bicyclic) bond motifs is 1. The van der Waals surface area contributed by atoms with Gasteiger partial charge in [-0.3, -0.25) is 4.79 Å². The van der Waals surface area contributed by atoms with Crippen molar-refractivity contribution in [2.45, 2.75) is 33.8 Å². The smallest absolute Gasteiger partial charge is 0.309 e. The minimum absolute atomic E-state index is 0.107. The molecule has 1 N–H and O–H groups in total. The summed E-state index contributed by atoms with van der Waals surface area (Å²) in [5.74, 6) is -0.459. The molecule has 30 heavy (non-hydrogen) atoms. The van der Waals surface area contributed by atoms with Crippen LogP contribution in [0.3, 0.4) is 0 Å². The van der Waals surface area contributed by atoms with E-state index in [0.29, 0.717) is 27.2 Å². The fourth-order valence-corrected chi connectivity index (χ4v) is 3.60. The van der Waals surface area contributed by atoms with Crippen molar-refractivity contribution >= 4 is 33.0 Å². The van der Waals surface area contributed by atoms with Crippen LogP contribution in [0.5, 0.6) is 5.88 Å². The highest BCUT2D eigenvalue weighted by Gasteiger charge is 2.32. The monoisotopic (exact) mass is 476 g/mol. The minimum Gasteiger partial charge on any atom is -0.481 e. The molecule has 0 saturated carbocycles. The third kappa shape index (κ3) is 4.99. The summed E-state index contributed by atoms with van der Waals surface area (Å²) in [4.78, 5) is 19.9. The number of aliphatic carboxylic acids is 1. The number of halogens is 1. The van der Waals surface area contributed by atoms with Gasteiger partial charge in [-0.15, -0.1) is 0 Å². The highest BCUT2D eigenvalue weighted by molar-refractivity contribution is 9.10. The molecule has 0 aliphatic rings. The van der Waals surface area contributed by atoms with Crippen LogP contribution in [0.1, 0.15) is 27.7 Å². The molecule has 3 rings (SSSR count). The van der Waals surface area contributed by atoms with Crippen molar-refractivity contribution in [3.05, 3.63) is 41.1 Å². The Morgan fingerprint density at radius 2 is 1.90 bits per heavy atom. The van der Waals surface area contributed by atoms with Gasteiger partial charge in [-0.2, -0.15) is 0 Å². The van der Waals surface area contributed by atoms with Crippen molar-refractivity contribution in [2.75, 3.05) is 13.2 Å². The quantitative estimate of drug-likeness (QED) is 0.478. The minimum atomic E-state index is -0.871. The van der Waals surface area contributed by atoms with Crippen molar-refractivity contribution in [3.63, 3.8) is 0 Å². The van der Waals surface area contributed by atoms with Crippen LogP contribution in [0.15, 0.2) is 45.5 Å². The Labute approximate surface area is 183 Å². The number of carboxylic acids is 1. The number of ether oxygens (including phenoxy) is 2. The average Bonchev–Trinajstić information content (AvgIpc) is 3.03. The molecule has 2 aromatic heterocycles. The zero-order chi connectivity index (χ0) is 21.9. The molecule has 3 aromatic rings. The average molecular weight is 477 g/mol. The summed E-state index contributed by atoms with van der Waals surface area (Å²) in [5.41, 5.74) is 0.922. The predicted molar refractivity (Wildman–Crippen MR) is 116 cm³/mol. The normalized spacial score (nSPS) is 13.9. The molecule has 0 radical (unpaired) electrons. The van der Waals surface area contributed by atoms with E-state index >= 15 is 0 Å². The molecule has 0 fully saturated rings. The third-order valence-corrected chi connectivity index (χ3v) is 5.53. The second-order valence-electron chi connectivity index (χ2n) is 8.18. The zero-order valence-electron chi connectivity index (χ0n) is 17.4. The summed E-state index contributed by atoms with van der Waals surface area (Å²) >= 11 is 3.58. The van der Waals surface area contributed by atoms with Crippen molar-refractivity contribution in [3.8, 4) is 17.2 Å². The largest absolute Gasteiger partial charge is 0.481 e. The van der Waals surface area contributed by atoms with E-state index in [0.717, 1.165) is 5.56 Å². The molecule has 160 valence electrons. The SMILES string of the molecule is C[C@@H](COc1ncnc2oc(-c3ccccc3)c(Br)c12)OCC(C(=O)O)C(C)(C)C. The number of aromatic nitrogens is 2. The number of furan rings is 1. The fraction of sp³-hybridized carbons (Fsp3) is 0.409. The van der Waals surface area contributed by atoms with E-state index < -0.39 is 17.3 Å². The van der Waals surface area contributed by atoms with Gasteiger partial charge in [0.05, 0.1) is 23.1 Å². The summed E-state index contributed by atoms with van der Waals surface area (Å²) in [6.07, 6.45) is 1.06. The third-order valence-electron chi connectivity index (χ3n) is 4.78. The van der Waals surface area contributed by atoms with E-state index in [1.165, 1.54) is 6.33 Å². The molecule has 1 unspecified atom stereocenters. The molecule has 0 bridgehead atoms. The van der Waals surface area contributed by atoms with E-state index in [1.54, 1.807) is 0 Å². The van der Waals surface area contributed by atoms with E-state index in [2.05, 4.69) is 25.9 Å². The first-order valence-electron chi connectivity index (χ1n) is 9.64. The van der Waals surface area contributed by atoms with Crippen molar-refractivity contribution in [1.29, 1.82) is 0 Å². The van der Waals surface area contributed by atoms with Crippen LogP contribution in [-0.4, -0.2) is 40.4 Å². The van der Waals surface area contributed by atoms with Crippen LogP contribution in [0.25, 0.3) is 22.4 Å². The maximum Gasteiger partial charge on any atom is 0.309 e. The first-order chi connectivity index (χ1) is 14.2. The van der Waals surface area contributed by atoms with E-state index in [9.17, 15) is 9.90 Å². The fourth-order valence-electron chi connectivity index (χ4n) is 2.96. The van der Waals surface area contributed by atoms with Crippen molar-refractivity contribution in [1.82, 2.24) is 9.97 Å². The molecule has 0 spiro atoms. The van der Waals surface area contributed by atoms with Crippen LogP contribution in [-0.2, 0) is 9.53 Å². The van der Waals surface area contributed by atoms with Crippen molar-refractivity contribution < 1.29 is 23.8 Å². The molecule has 0 saturated heterocycles. The molecule has 2 heterocycles. The molecule has 2 atom stereocenters. The van der Waals surface area contributed by atoms with Gasteiger partial charge in [0.15, 0.2) is 5.76 Å². The number of nitrogens with zero attached hydrogens (tertiary/aromatic N) is 2. The molecule has 0 aliphatic heterocycles. The Balaban J connectivity index is 1.72. The second kappa shape index (κ2) is 9.14. The summed E-state index contributed by atoms with van der Waals surface area (Å²) in [7, 11) is 0. The van der Waals surface area contributed by atoms with Crippen molar-refractivity contribution in [2.24, 2.45) is 11.3 Å². The highest BCUT2D eigenvalue weighted by atomic mass is 79.9. The van der Waals surface area contributed by atoms with Gasteiger partial charge in [0.25, 0.3) is 0 Å². The maximum absolute atomic E-state index is 11.5. The molecular weight excluding hydrogens is 452 g/mol. The first-order valence-corrected chi connectivity index (χ1v) is 10.4. The lowest BCUT2D eigenvalue weighted by Gasteiger charge is -2.28. The topological polar surface area (TPSA) is 94.7 Å². The number of benzene rings is 1. The molecule has 8 heteroatoms. The Hall–Kier alpha value is -2.45. The highest BCUT2D eigenvalue weighted by Crippen LogP contribution is 2.40. The first kappa shape index (κ1) is 22.2. The lowest BCUT2D eigenvalue weighted by Crippen LogP contribution is -2.34. The Morgan fingerprint density at radius 1 is 1.20 bits per heavy atom. The summed E-state index contributed by atoms with van der Waals surface area (Å²) in [6, 6.07) is 9.68. The molecular formula is C22H25BrN2O5. The Morgan fingerprint density at radius 3 is 2.53 bits per heavy atom. The predicted octanol–water partition coefficient (Wildman–Crippen LogP) is 5.18. The van der Waals surface area contributed by atoms with Crippen LogP contribution in [0, 0.1) is 11.3 Å². The number of hydrogen-bond acceptors (Lipinski definition) is 6. The molecule has 1 aromatic carbocycles. The molecule has 0 aliphatic carbocycles. The van der Waals surface area contributed by atoms with Gasteiger partial charge < -0.3 is 19.0 Å². The number of rotatable bonds is 8. The zero-order valence-corrected chi connectivity index (χ0v) is 19.0. The van der Waals surface area contributed by atoms with Crippen LogP contribution in [0.4, 0.5) is 0 Å². The second-order valence-corrected chi connectivity index (χ2v) is 8.97. The molecule has 0 amide bonds. The lowest BCUT2D eigenvalue weighted by atomic mass is 9.81. The number of carboxylic acid groups (broad SMARTS) is 1. The van der Waals surface area contributed by atoms with Gasteiger partial charge in [-0.25, -0.2) is 9.97 Å². The van der Waals surface area contributed by atoms with E-state index in [1.807, 2.05) is 58.0 Å². The van der Waals surface area contributed by atoms with Gasteiger partial charge in [-0.05, 0) is 28.3 Å². The Bertz CT molecular complexity index is 1010. The van der Waals surface area contributed by atoms with Gasteiger partial charge in [0, 0.05) is 5.56 Å². The number of hydrogen-bond donors (Lipinski definition) is 1. The van der Waals surface area contributed by atoms with Crippen LogP contribution < -0.4 is 4.74 Å². The van der Waals surface area contributed by atoms with Crippen LogP contribution >= 0.6 is 15.9 Å².